The average Bonchev–Trinajstić information content (AvgIpc) is 2.92. The van der Waals surface area contributed by atoms with Crippen LogP contribution in [0.4, 0.5) is 5.69 Å². The van der Waals surface area contributed by atoms with Crippen molar-refractivity contribution in [2.24, 2.45) is 5.92 Å². The number of nitrogens with zero attached hydrogens (tertiary/aromatic N) is 1. The first kappa shape index (κ1) is 27.9. The summed E-state index contributed by atoms with van der Waals surface area (Å²) < 4.78 is 11.3. The molecule has 0 fully saturated rings. The van der Waals surface area contributed by atoms with E-state index >= 15 is 0 Å². The Hall–Kier alpha value is -3.16. The molecule has 1 aliphatic rings. The van der Waals surface area contributed by atoms with Crippen LogP contribution in [-0.4, -0.2) is 36.8 Å². The average molecular weight is 553 g/mol. The largest absolute Gasteiger partial charge is 0.490 e. The Balaban J connectivity index is 1.43. The third-order valence-electron chi connectivity index (χ3n) is 6.39. The number of ether oxygens (including phenoxy) is 2. The molecule has 8 heteroatoms. The van der Waals surface area contributed by atoms with E-state index in [2.05, 4.69) is 5.32 Å². The van der Waals surface area contributed by atoms with E-state index in [0.717, 1.165) is 21.7 Å². The Kier molecular flexibility index (Phi) is 9.58. The molecule has 3 aromatic rings. The number of halogens is 1. The number of fused-ring (bicyclic) bond motifs is 1. The fourth-order valence-corrected chi connectivity index (χ4v) is 5.88. The summed E-state index contributed by atoms with van der Waals surface area (Å²) in [5, 5.41) is 3.09. The maximum Gasteiger partial charge on any atom is 0.241 e. The third-order valence-corrected chi connectivity index (χ3v) is 8.23. The smallest absolute Gasteiger partial charge is 0.241 e. The molecule has 0 aliphatic carbocycles. The zero-order valence-corrected chi connectivity index (χ0v) is 23.5. The van der Waals surface area contributed by atoms with Gasteiger partial charge < -0.3 is 19.7 Å². The molecule has 0 radical (unpaired) electrons. The van der Waals surface area contributed by atoms with Gasteiger partial charge in [-0.1, -0.05) is 54.9 Å². The third kappa shape index (κ3) is 6.45. The van der Waals surface area contributed by atoms with Gasteiger partial charge in [0.15, 0.2) is 11.5 Å². The molecule has 1 aliphatic heterocycles. The molecule has 0 spiro atoms. The number of carbonyl (C=O) groups is 2. The predicted octanol–water partition coefficient (Wildman–Crippen LogP) is 6.14. The van der Waals surface area contributed by atoms with Crippen molar-refractivity contribution in [3.63, 3.8) is 0 Å². The molecule has 0 saturated carbocycles. The quantitative estimate of drug-likeness (QED) is 0.309. The Labute approximate surface area is 233 Å². The number of hydrogen-bond donors (Lipinski definition) is 1. The van der Waals surface area contributed by atoms with Gasteiger partial charge in [0, 0.05) is 16.5 Å². The molecule has 3 aromatic carbocycles. The lowest BCUT2D eigenvalue weighted by atomic mass is 10.0. The number of nitrogens with one attached hydrogen (secondary N) is 1. The van der Waals surface area contributed by atoms with Crippen LogP contribution in [0.1, 0.15) is 31.9 Å². The summed E-state index contributed by atoms with van der Waals surface area (Å²) >= 11 is 7.85. The number of thioether (sulfide) groups is 1. The summed E-state index contributed by atoms with van der Waals surface area (Å²) in [6.07, 6.45) is 0.637. The number of hydrogen-bond acceptors (Lipinski definition) is 5. The van der Waals surface area contributed by atoms with Crippen LogP contribution in [0.25, 0.3) is 0 Å². The molecular formula is C30H33ClN2O4S. The van der Waals surface area contributed by atoms with Crippen molar-refractivity contribution in [1.29, 1.82) is 0 Å². The molecule has 1 heterocycles. The molecule has 2 amide bonds. The fraction of sp³-hybridized carbons (Fsp3) is 0.333. The lowest BCUT2D eigenvalue weighted by molar-refractivity contribution is -0.128. The highest BCUT2D eigenvalue weighted by atomic mass is 35.5. The highest BCUT2D eigenvalue weighted by Crippen LogP contribution is 2.42. The van der Waals surface area contributed by atoms with E-state index in [0.29, 0.717) is 49.2 Å². The van der Waals surface area contributed by atoms with E-state index in [1.807, 2.05) is 87.5 Å². The molecule has 1 N–H and O–H groups in total. The second-order valence-corrected chi connectivity index (χ2v) is 10.6. The SMILES string of the molecule is CCOc1ccc(CCNC(=O)[C@@H](C)[C@H]2Sc3ccccc3N(Cc3ccccc3Cl)C2=O)cc1OCC. The van der Waals surface area contributed by atoms with Crippen molar-refractivity contribution in [2.75, 3.05) is 24.7 Å². The van der Waals surface area contributed by atoms with Crippen molar-refractivity contribution >= 4 is 40.9 Å². The zero-order valence-electron chi connectivity index (χ0n) is 21.9. The van der Waals surface area contributed by atoms with Crippen LogP contribution in [0.15, 0.2) is 71.6 Å². The summed E-state index contributed by atoms with van der Waals surface area (Å²) in [5.41, 5.74) is 2.74. The molecule has 2 atom stereocenters. The van der Waals surface area contributed by atoms with E-state index in [9.17, 15) is 9.59 Å². The van der Waals surface area contributed by atoms with Crippen LogP contribution < -0.4 is 19.7 Å². The summed E-state index contributed by atoms with van der Waals surface area (Å²) in [5.74, 6) is 0.653. The van der Waals surface area contributed by atoms with Crippen LogP contribution in [-0.2, 0) is 22.6 Å². The normalized spacial score (nSPS) is 15.5. The van der Waals surface area contributed by atoms with E-state index in [1.165, 1.54) is 11.8 Å². The molecular weight excluding hydrogens is 520 g/mol. The first-order valence-electron chi connectivity index (χ1n) is 12.9. The van der Waals surface area contributed by atoms with Crippen LogP contribution in [0.5, 0.6) is 11.5 Å². The molecule has 4 rings (SSSR count). The molecule has 0 saturated heterocycles. The van der Waals surface area contributed by atoms with Gasteiger partial charge >= 0.3 is 0 Å². The monoisotopic (exact) mass is 552 g/mol. The second-order valence-electron chi connectivity index (χ2n) is 9.00. The highest BCUT2D eigenvalue weighted by molar-refractivity contribution is 8.01. The highest BCUT2D eigenvalue weighted by Gasteiger charge is 2.39. The standard InChI is InChI=1S/C30H33ClN2O4S/c1-4-36-25-15-14-21(18-26(25)37-5-2)16-17-32-29(34)20(3)28-30(35)33(19-22-10-6-7-11-23(22)31)24-12-8-9-13-27(24)38-28/h6-15,18,20,28H,4-5,16-17,19H2,1-3H3,(H,32,34)/t20-,28+/m0/s1. The molecule has 0 bridgehead atoms. The lowest BCUT2D eigenvalue weighted by Gasteiger charge is -2.36. The van der Waals surface area contributed by atoms with Gasteiger partial charge in [0.2, 0.25) is 11.8 Å². The molecule has 200 valence electrons. The number of amides is 2. The minimum atomic E-state index is -0.539. The van der Waals surface area contributed by atoms with Crippen LogP contribution in [0.3, 0.4) is 0 Å². The number of anilines is 1. The molecule has 0 unspecified atom stereocenters. The van der Waals surface area contributed by atoms with Crippen molar-refractivity contribution < 1.29 is 19.1 Å². The van der Waals surface area contributed by atoms with Crippen molar-refractivity contribution in [2.45, 2.75) is 43.9 Å². The summed E-state index contributed by atoms with van der Waals surface area (Å²) in [7, 11) is 0. The van der Waals surface area contributed by atoms with Gasteiger partial charge in [-0.15, -0.1) is 11.8 Å². The number of carbonyl (C=O) groups excluding carboxylic acids is 2. The molecule has 38 heavy (non-hydrogen) atoms. The van der Waals surface area contributed by atoms with E-state index in [4.69, 9.17) is 21.1 Å². The van der Waals surface area contributed by atoms with E-state index < -0.39 is 11.2 Å². The Morgan fingerprint density at radius 2 is 1.74 bits per heavy atom. The van der Waals surface area contributed by atoms with Crippen molar-refractivity contribution in [3.05, 3.63) is 82.9 Å². The van der Waals surface area contributed by atoms with Gasteiger partial charge in [-0.25, -0.2) is 0 Å². The Morgan fingerprint density at radius 3 is 2.50 bits per heavy atom. The van der Waals surface area contributed by atoms with Gasteiger partial charge in [-0.05, 0) is 61.7 Å². The molecule has 0 aromatic heterocycles. The fourth-order valence-electron chi connectivity index (χ4n) is 4.39. The lowest BCUT2D eigenvalue weighted by Crippen LogP contribution is -2.47. The Morgan fingerprint density at radius 1 is 1.03 bits per heavy atom. The topological polar surface area (TPSA) is 67.9 Å². The summed E-state index contributed by atoms with van der Waals surface area (Å²) in [4.78, 5) is 29.6. The van der Waals surface area contributed by atoms with Gasteiger partial charge in [-0.2, -0.15) is 0 Å². The first-order chi connectivity index (χ1) is 18.4. The van der Waals surface area contributed by atoms with E-state index in [-0.39, 0.29) is 11.8 Å². The number of benzene rings is 3. The minimum Gasteiger partial charge on any atom is -0.490 e. The van der Waals surface area contributed by atoms with Crippen LogP contribution in [0.2, 0.25) is 5.02 Å². The summed E-state index contributed by atoms with van der Waals surface area (Å²) in [6.45, 7) is 7.59. The number of rotatable bonds is 11. The summed E-state index contributed by atoms with van der Waals surface area (Å²) in [6, 6.07) is 21.1. The molecule has 6 nitrogen and oxygen atoms in total. The number of para-hydroxylation sites is 1. The van der Waals surface area contributed by atoms with Crippen molar-refractivity contribution in [1.82, 2.24) is 5.32 Å². The predicted molar refractivity (Wildman–Crippen MR) is 153 cm³/mol. The Bertz CT molecular complexity index is 1280. The van der Waals surface area contributed by atoms with Gasteiger partial charge in [0.25, 0.3) is 0 Å². The van der Waals surface area contributed by atoms with Gasteiger partial charge in [0.1, 0.15) is 5.25 Å². The van der Waals surface area contributed by atoms with Gasteiger partial charge in [0.05, 0.1) is 31.4 Å². The van der Waals surface area contributed by atoms with Crippen molar-refractivity contribution in [3.8, 4) is 11.5 Å². The van der Waals surface area contributed by atoms with Crippen LogP contribution in [0, 0.1) is 5.92 Å². The minimum absolute atomic E-state index is 0.0934. The van der Waals surface area contributed by atoms with Gasteiger partial charge in [-0.3, -0.25) is 9.59 Å². The first-order valence-corrected chi connectivity index (χ1v) is 14.1. The maximum absolute atomic E-state index is 13.7. The van der Waals surface area contributed by atoms with E-state index in [1.54, 1.807) is 4.90 Å². The zero-order chi connectivity index (χ0) is 27.1. The van der Waals surface area contributed by atoms with Crippen LogP contribution >= 0.6 is 23.4 Å². The second kappa shape index (κ2) is 13.1. The maximum atomic E-state index is 13.7.